The minimum atomic E-state index is 1.11. The summed E-state index contributed by atoms with van der Waals surface area (Å²) < 4.78 is 5.13. The topological polar surface area (TPSA) is 3.24 Å². The summed E-state index contributed by atoms with van der Waals surface area (Å²) in [5.41, 5.74) is 15.6. The second kappa shape index (κ2) is 15.7. The van der Waals surface area contributed by atoms with Crippen LogP contribution in [0.4, 0.5) is 17.1 Å². The van der Waals surface area contributed by atoms with Crippen molar-refractivity contribution in [1.82, 2.24) is 0 Å². The molecule has 12 rings (SSSR count). The smallest absolute Gasteiger partial charge is 0.0555 e. The van der Waals surface area contributed by atoms with Gasteiger partial charge in [0, 0.05) is 51.7 Å². The van der Waals surface area contributed by atoms with Gasteiger partial charge in [-0.1, -0.05) is 194 Å². The lowest BCUT2D eigenvalue weighted by Gasteiger charge is -2.27. The van der Waals surface area contributed by atoms with Gasteiger partial charge in [0.1, 0.15) is 0 Å². The van der Waals surface area contributed by atoms with Crippen LogP contribution in [0.1, 0.15) is 0 Å². The Morgan fingerprint density at radius 1 is 0.270 bits per heavy atom. The summed E-state index contributed by atoms with van der Waals surface area (Å²) in [6, 6.07) is 86.5. The second-order valence-electron chi connectivity index (χ2n) is 16.1. The second-order valence-corrected chi connectivity index (χ2v) is 18.2. The molecule has 3 heteroatoms. The number of fused-ring (bicyclic) bond motifs is 6. The first-order valence-corrected chi connectivity index (χ1v) is 23.0. The Labute approximate surface area is 375 Å². The molecule has 12 aromatic rings. The third-order valence-corrected chi connectivity index (χ3v) is 14.6. The van der Waals surface area contributed by atoms with Gasteiger partial charge in [0.2, 0.25) is 0 Å². The number of anilines is 3. The SMILES string of the molecule is c1ccc(-c2ccc(-c3ccc(N(c4ccc5c(c4)sc4cc(-c6ccccc6)ccc45)c4ccc(-c5ccccc5)c5sc6cc(-c7ccccc7)ccc6c45)cc3)cc2)cc1. The molecule has 0 aliphatic rings. The molecule has 0 unspecified atom stereocenters. The van der Waals surface area contributed by atoms with E-state index >= 15 is 0 Å². The van der Waals surface area contributed by atoms with Gasteiger partial charge in [0.25, 0.3) is 0 Å². The molecule has 0 amide bonds. The number of hydrogen-bond donors (Lipinski definition) is 0. The molecule has 1 nitrogen and oxygen atoms in total. The van der Waals surface area contributed by atoms with Crippen molar-refractivity contribution in [3.8, 4) is 55.6 Å². The maximum Gasteiger partial charge on any atom is 0.0555 e. The average Bonchev–Trinajstić information content (AvgIpc) is 3.93. The largest absolute Gasteiger partial charge is 0.310 e. The van der Waals surface area contributed by atoms with Crippen molar-refractivity contribution >= 4 is 80.1 Å². The lowest BCUT2D eigenvalue weighted by atomic mass is 9.98. The fraction of sp³-hybridized carbons (Fsp3) is 0. The number of thiophene rings is 2. The van der Waals surface area contributed by atoms with Crippen molar-refractivity contribution in [3.63, 3.8) is 0 Å². The Morgan fingerprint density at radius 2 is 0.667 bits per heavy atom. The van der Waals surface area contributed by atoms with Gasteiger partial charge in [-0.05, 0) is 98.1 Å². The summed E-state index contributed by atoms with van der Waals surface area (Å²) in [7, 11) is 0. The van der Waals surface area contributed by atoms with Crippen molar-refractivity contribution in [2.45, 2.75) is 0 Å². The monoisotopic (exact) mass is 837 g/mol. The predicted octanol–water partition coefficient (Wildman–Crippen LogP) is 18.2. The van der Waals surface area contributed by atoms with Gasteiger partial charge >= 0.3 is 0 Å². The van der Waals surface area contributed by atoms with Crippen LogP contribution in [0.2, 0.25) is 0 Å². The number of benzene rings is 10. The molecular formula is C60H39NS2. The van der Waals surface area contributed by atoms with Crippen molar-refractivity contribution in [2.24, 2.45) is 0 Å². The first kappa shape index (κ1) is 37.2. The lowest BCUT2D eigenvalue weighted by Crippen LogP contribution is -2.10. The molecule has 0 radical (unpaired) electrons. The van der Waals surface area contributed by atoms with Gasteiger partial charge in [-0.25, -0.2) is 0 Å². The van der Waals surface area contributed by atoms with E-state index in [2.05, 4.69) is 241 Å². The molecule has 0 saturated carbocycles. The molecule has 2 aromatic heterocycles. The zero-order valence-electron chi connectivity index (χ0n) is 34.3. The third-order valence-electron chi connectivity index (χ3n) is 12.3. The van der Waals surface area contributed by atoms with Crippen LogP contribution in [0.3, 0.4) is 0 Å². The van der Waals surface area contributed by atoms with Gasteiger partial charge in [-0.2, -0.15) is 0 Å². The average molecular weight is 838 g/mol. The molecule has 0 bridgehead atoms. The van der Waals surface area contributed by atoms with Gasteiger partial charge in [-0.3, -0.25) is 0 Å². The summed E-state index contributed by atoms with van der Waals surface area (Å²) in [5.74, 6) is 0. The predicted molar refractivity (Wildman–Crippen MR) is 274 cm³/mol. The van der Waals surface area contributed by atoms with E-state index in [0.717, 1.165) is 17.1 Å². The number of hydrogen-bond acceptors (Lipinski definition) is 3. The molecule has 0 aliphatic heterocycles. The van der Waals surface area contributed by atoms with E-state index in [0.29, 0.717) is 0 Å². The van der Waals surface area contributed by atoms with E-state index in [4.69, 9.17) is 0 Å². The highest BCUT2D eigenvalue weighted by atomic mass is 32.1. The van der Waals surface area contributed by atoms with Crippen LogP contribution < -0.4 is 4.90 Å². The molecule has 0 fully saturated rings. The standard InChI is InChI=1S/C60H39NS2/c1-5-13-40(14-6-1)43-21-23-44(24-22-43)45-25-29-49(30-26-45)61(50-31-34-53-52-32-27-47(41-15-7-2-8-16-41)37-56(52)62-58(53)39-50)55-36-35-51(46-19-11-4-12-20-46)60-59(55)54-33-28-48(38-57(54)63-60)42-17-9-3-10-18-42/h1-39H. The summed E-state index contributed by atoms with van der Waals surface area (Å²) in [5, 5.41) is 5.11. The molecule has 63 heavy (non-hydrogen) atoms. The zero-order valence-corrected chi connectivity index (χ0v) is 35.9. The Balaban J connectivity index is 1.04. The summed E-state index contributed by atoms with van der Waals surface area (Å²) >= 11 is 3.77. The van der Waals surface area contributed by atoms with Gasteiger partial charge in [-0.15, -0.1) is 22.7 Å². The Bertz CT molecular complexity index is 3570. The maximum absolute atomic E-state index is 2.48. The normalized spacial score (nSPS) is 11.5. The van der Waals surface area contributed by atoms with E-state index in [1.54, 1.807) is 0 Å². The van der Waals surface area contributed by atoms with Crippen molar-refractivity contribution in [2.75, 3.05) is 4.90 Å². The molecule has 10 aromatic carbocycles. The summed E-state index contributed by atoms with van der Waals surface area (Å²) in [6.45, 7) is 0. The van der Waals surface area contributed by atoms with Crippen LogP contribution in [-0.4, -0.2) is 0 Å². The van der Waals surface area contributed by atoms with Gasteiger partial charge < -0.3 is 4.90 Å². The van der Waals surface area contributed by atoms with Gasteiger partial charge in [0.15, 0.2) is 0 Å². The fourth-order valence-electron chi connectivity index (χ4n) is 9.13. The quantitative estimate of drug-likeness (QED) is 0.147. The zero-order chi connectivity index (χ0) is 41.7. The lowest BCUT2D eigenvalue weighted by molar-refractivity contribution is 1.31. The van der Waals surface area contributed by atoms with Crippen molar-refractivity contribution in [1.29, 1.82) is 0 Å². The molecule has 0 atom stereocenters. The Hall–Kier alpha value is -7.56. The van der Waals surface area contributed by atoms with Gasteiger partial charge in [0.05, 0.1) is 5.69 Å². The van der Waals surface area contributed by atoms with E-state index in [9.17, 15) is 0 Å². The van der Waals surface area contributed by atoms with Crippen LogP contribution in [0, 0.1) is 0 Å². The molecule has 296 valence electrons. The highest BCUT2D eigenvalue weighted by molar-refractivity contribution is 7.26. The Morgan fingerprint density at radius 3 is 1.22 bits per heavy atom. The summed E-state index contributed by atoms with van der Waals surface area (Å²) in [6.07, 6.45) is 0. The number of nitrogens with zero attached hydrogens (tertiary/aromatic N) is 1. The van der Waals surface area contributed by atoms with Crippen LogP contribution in [0.5, 0.6) is 0 Å². The maximum atomic E-state index is 2.48. The van der Waals surface area contributed by atoms with Crippen LogP contribution >= 0.6 is 22.7 Å². The molecule has 2 heterocycles. The van der Waals surface area contributed by atoms with E-state index < -0.39 is 0 Å². The van der Waals surface area contributed by atoms with Crippen LogP contribution in [-0.2, 0) is 0 Å². The molecule has 0 saturated heterocycles. The minimum Gasteiger partial charge on any atom is -0.310 e. The fourth-order valence-corrected chi connectivity index (χ4v) is 11.6. The van der Waals surface area contributed by atoms with Crippen LogP contribution in [0.15, 0.2) is 237 Å². The molecule has 0 aliphatic carbocycles. The molecule has 0 spiro atoms. The highest BCUT2D eigenvalue weighted by Gasteiger charge is 2.22. The third kappa shape index (κ3) is 6.79. The minimum absolute atomic E-state index is 1.11. The molecule has 0 N–H and O–H groups in total. The first-order chi connectivity index (χ1) is 31.2. The Kier molecular flexibility index (Phi) is 9.29. The van der Waals surface area contributed by atoms with E-state index in [-0.39, 0.29) is 0 Å². The highest BCUT2D eigenvalue weighted by Crippen LogP contribution is 2.50. The van der Waals surface area contributed by atoms with E-state index in [1.165, 1.54) is 96.0 Å². The molecular weight excluding hydrogens is 799 g/mol. The number of rotatable bonds is 8. The summed E-state index contributed by atoms with van der Waals surface area (Å²) in [4.78, 5) is 2.48. The van der Waals surface area contributed by atoms with Crippen molar-refractivity contribution < 1.29 is 0 Å². The van der Waals surface area contributed by atoms with E-state index in [1.807, 2.05) is 22.7 Å². The first-order valence-electron chi connectivity index (χ1n) is 21.4. The van der Waals surface area contributed by atoms with Crippen LogP contribution in [0.25, 0.3) is 96.0 Å². The van der Waals surface area contributed by atoms with Crippen molar-refractivity contribution in [3.05, 3.63) is 237 Å².